The first-order valence-electron chi connectivity index (χ1n) is 13.6. The van der Waals surface area contributed by atoms with Crippen molar-refractivity contribution in [1.29, 1.82) is 0 Å². The molecule has 1 aliphatic heterocycles. The van der Waals surface area contributed by atoms with Crippen molar-refractivity contribution in [3.8, 4) is 0 Å². The maximum atomic E-state index is 15.5. The molecule has 2 aliphatic rings. The van der Waals surface area contributed by atoms with Gasteiger partial charge in [0.1, 0.15) is 5.82 Å². The highest BCUT2D eigenvalue weighted by Crippen LogP contribution is 2.47. The molecule has 1 aliphatic carbocycles. The number of nitrogens with zero attached hydrogens (tertiary/aromatic N) is 1. The Bertz CT molecular complexity index is 838. The maximum absolute atomic E-state index is 15.5. The summed E-state index contributed by atoms with van der Waals surface area (Å²) in [6, 6.07) is 4.35. The van der Waals surface area contributed by atoms with Gasteiger partial charge in [-0.2, -0.15) is 0 Å². The fourth-order valence-corrected chi connectivity index (χ4v) is 6.98. The molecule has 0 radical (unpaired) electrons. The topological polar surface area (TPSA) is 82.0 Å². The molecular weight excluding hydrogens is 483 g/mol. The first-order valence-corrected chi connectivity index (χ1v) is 14.0. The second kappa shape index (κ2) is 13.9. The Morgan fingerprint density at radius 2 is 2.00 bits per heavy atom. The van der Waals surface area contributed by atoms with Gasteiger partial charge >= 0.3 is 6.09 Å². The van der Waals surface area contributed by atoms with Gasteiger partial charge in [-0.25, -0.2) is 9.18 Å². The summed E-state index contributed by atoms with van der Waals surface area (Å²) >= 11 is 6.18. The van der Waals surface area contributed by atoms with Crippen LogP contribution >= 0.6 is 11.6 Å². The van der Waals surface area contributed by atoms with E-state index in [0.717, 1.165) is 25.7 Å². The van der Waals surface area contributed by atoms with Crippen LogP contribution in [0.25, 0.3) is 0 Å². The van der Waals surface area contributed by atoms with E-state index in [1.807, 2.05) is 7.05 Å². The standard InChI is InChI=1S/C28H44ClFN2O4/c1-31-19-21(18-20-10-4-3-5-11-20)26-23(13-9-16-32(26)27(33)34)28(35,15-6-7-17-36-2)22-12-8-14-24(29)25(22)30/h8,12,14,20-21,23,26,31,35H,3-7,9-11,13,15-19H2,1-2H3,(H,33,34)/t21-,23?,26?,28-/m1/s1. The summed E-state index contributed by atoms with van der Waals surface area (Å²) in [6.45, 7) is 1.63. The third-order valence-electron chi connectivity index (χ3n) is 8.43. The first kappa shape index (κ1) is 29.2. The second-order valence-corrected chi connectivity index (χ2v) is 11.2. The molecule has 1 saturated carbocycles. The lowest BCUT2D eigenvalue weighted by molar-refractivity contribution is -0.0992. The normalized spacial score (nSPS) is 23.9. The number of aliphatic hydroxyl groups is 1. The van der Waals surface area contributed by atoms with E-state index >= 15 is 4.39 Å². The summed E-state index contributed by atoms with van der Waals surface area (Å²) < 4.78 is 20.7. The van der Waals surface area contributed by atoms with E-state index in [9.17, 15) is 15.0 Å². The van der Waals surface area contributed by atoms with Crippen LogP contribution in [0.4, 0.5) is 9.18 Å². The van der Waals surface area contributed by atoms with Crippen molar-refractivity contribution in [2.45, 2.75) is 82.3 Å². The second-order valence-electron chi connectivity index (χ2n) is 10.7. The molecule has 36 heavy (non-hydrogen) atoms. The number of carbonyl (C=O) groups is 1. The van der Waals surface area contributed by atoms with Gasteiger partial charge in [-0.3, -0.25) is 0 Å². The molecule has 204 valence electrons. The lowest BCUT2D eigenvalue weighted by Crippen LogP contribution is -2.59. The van der Waals surface area contributed by atoms with Crippen molar-refractivity contribution >= 4 is 17.7 Å². The molecule has 6 nitrogen and oxygen atoms in total. The van der Waals surface area contributed by atoms with Gasteiger partial charge in [0, 0.05) is 37.8 Å². The number of halogens is 2. The van der Waals surface area contributed by atoms with Crippen LogP contribution in [-0.2, 0) is 10.3 Å². The van der Waals surface area contributed by atoms with Crippen molar-refractivity contribution in [2.24, 2.45) is 17.8 Å². The molecular formula is C28H44ClFN2O4. The predicted octanol–water partition coefficient (Wildman–Crippen LogP) is 6.05. The number of piperidine rings is 1. The predicted molar refractivity (Wildman–Crippen MR) is 141 cm³/mol. The van der Waals surface area contributed by atoms with Gasteiger partial charge in [-0.15, -0.1) is 0 Å². The van der Waals surface area contributed by atoms with Crippen LogP contribution in [0.3, 0.4) is 0 Å². The van der Waals surface area contributed by atoms with E-state index in [4.69, 9.17) is 16.3 Å². The lowest BCUT2D eigenvalue weighted by atomic mass is 9.65. The Hall–Kier alpha value is -1.41. The molecule has 1 aromatic rings. The van der Waals surface area contributed by atoms with Gasteiger partial charge in [-0.1, -0.05) is 55.8 Å². The van der Waals surface area contributed by atoms with Crippen molar-refractivity contribution in [3.63, 3.8) is 0 Å². The number of hydrogen-bond donors (Lipinski definition) is 3. The number of methoxy groups -OCH3 is 1. The van der Waals surface area contributed by atoms with Crippen LogP contribution in [0.2, 0.25) is 5.02 Å². The van der Waals surface area contributed by atoms with Crippen LogP contribution in [0.5, 0.6) is 0 Å². The first-order chi connectivity index (χ1) is 17.3. The van der Waals surface area contributed by atoms with Gasteiger partial charge in [0.05, 0.1) is 10.6 Å². The van der Waals surface area contributed by atoms with E-state index in [2.05, 4.69) is 5.32 Å². The summed E-state index contributed by atoms with van der Waals surface area (Å²) in [7, 11) is 3.53. The molecule has 0 spiro atoms. The van der Waals surface area contributed by atoms with Crippen LogP contribution < -0.4 is 5.32 Å². The minimum atomic E-state index is -1.54. The van der Waals surface area contributed by atoms with Gasteiger partial charge in [0.25, 0.3) is 0 Å². The molecule has 2 fully saturated rings. The summed E-state index contributed by atoms with van der Waals surface area (Å²) in [5, 5.41) is 25.9. The fraction of sp³-hybridized carbons (Fsp3) is 0.750. The summed E-state index contributed by atoms with van der Waals surface area (Å²) in [5.41, 5.74) is -1.37. The summed E-state index contributed by atoms with van der Waals surface area (Å²) in [4.78, 5) is 14.0. The van der Waals surface area contributed by atoms with Gasteiger partial charge < -0.3 is 25.2 Å². The van der Waals surface area contributed by atoms with Crippen LogP contribution in [0, 0.1) is 23.6 Å². The number of carboxylic acid groups (broad SMARTS) is 1. The Morgan fingerprint density at radius 1 is 1.25 bits per heavy atom. The Balaban J connectivity index is 2.04. The van der Waals surface area contributed by atoms with E-state index in [1.54, 1.807) is 19.2 Å². The molecule has 3 N–H and O–H groups in total. The molecule has 2 unspecified atom stereocenters. The number of likely N-dealkylation sites (tertiary alicyclic amines) is 1. The highest BCUT2D eigenvalue weighted by molar-refractivity contribution is 6.30. The third kappa shape index (κ3) is 6.91. The fourth-order valence-electron chi connectivity index (χ4n) is 6.80. The average Bonchev–Trinajstić information content (AvgIpc) is 2.88. The maximum Gasteiger partial charge on any atom is 0.407 e. The highest BCUT2D eigenvalue weighted by atomic mass is 35.5. The van der Waals surface area contributed by atoms with E-state index in [1.165, 1.54) is 30.2 Å². The number of ether oxygens (including phenoxy) is 1. The zero-order valence-electron chi connectivity index (χ0n) is 21.9. The largest absolute Gasteiger partial charge is 0.465 e. The number of rotatable bonds is 12. The highest BCUT2D eigenvalue weighted by Gasteiger charge is 2.51. The van der Waals surface area contributed by atoms with Crippen molar-refractivity contribution in [2.75, 3.05) is 33.9 Å². The number of nitrogens with one attached hydrogen (secondary N) is 1. The molecule has 1 saturated heterocycles. The number of unbranched alkanes of at least 4 members (excludes halogenated alkanes) is 1. The molecule has 8 heteroatoms. The Morgan fingerprint density at radius 3 is 2.67 bits per heavy atom. The van der Waals surface area contributed by atoms with E-state index in [0.29, 0.717) is 51.3 Å². The number of amides is 1. The minimum Gasteiger partial charge on any atom is -0.465 e. The van der Waals surface area contributed by atoms with Crippen molar-refractivity contribution in [1.82, 2.24) is 10.2 Å². The molecule has 3 rings (SSSR count). The minimum absolute atomic E-state index is 0.0206. The summed E-state index contributed by atoms with van der Waals surface area (Å²) in [6.07, 6.45) is 8.88. The SMILES string of the molecule is CNC[C@@H](CC1CCCCC1)C1C([C@@](O)(CCCCOC)c2cccc(Cl)c2F)CCCN1C(=O)O. The van der Waals surface area contributed by atoms with Crippen LogP contribution in [0.15, 0.2) is 18.2 Å². The number of hydrogen-bond acceptors (Lipinski definition) is 4. The van der Waals surface area contributed by atoms with E-state index < -0.39 is 29.5 Å². The molecule has 1 amide bonds. The van der Waals surface area contributed by atoms with Gasteiger partial charge in [-0.05, 0) is 70.0 Å². The van der Waals surface area contributed by atoms with Gasteiger partial charge in [0.15, 0.2) is 0 Å². The molecule has 0 aromatic heterocycles. The van der Waals surface area contributed by atoms with E-state index in [-0.39, 0.29) is 16.5 Å². The van der Waals surface area contributed by atoms with Crippen LogP contribution in [-0.4, -0.2) is 61.1 Å². The van der Waals surface area contributed by atoms with Crippen molar-refractivity contribution < 1.29 is 24.1 Å². The zero-order valence-corrected chi connectivity index (χ0v) is 22.6. The average molecular weight is 527 g/mol. The molecule has 1 heterocycles. The Kier molecular flexibility index (Phi) is 11.3. The van der Waals surface area contributed by atoms with Gasteiger partial charge in [0.2, 0.25) is 0 Å². The molecule has 4 atom stereocenters. The molecule has 0 bridgehead atoms. The monoisotopic (exact) mass is 526 g/mol. The third-order valence-corrected chi connectivity index (χ3v) is 8.72. The number of benzene rings is 1. The lowest BCUT2D eigenvalue weighted by Gasteiger charge is -2.51. The zero-order chi connectivity index (χ0) is 26.1. The quantitative estimate of drug-likeness (QED) is 0.289. The smallest absolute Gasteiger partial charge is 0.407 e. The van der Waals surface area contributed by atoms with Crippen LogP contribution in [0.1, 0.15) is 76.2 Å². The Labute approximate surface area is 220 Å². The summed E-state index contributed by atoms with van der Waals surface area (Å²) in [5.74, 6) is -0.489. The van der Waals surface area contributed by atoms with Crippen molar-refractivity contribution in [3.05, 3.63) is 34.6 Å². The molecule has 1 aromatic carbocycles.